The highest BCUT2D eigenvalue weighted by atomic mass is 79.9. The number of carbonyl (C=O) groups is 2. The zero-order chi connectivity index (χ0) is 20.7. The number of benzene rings is 2. The van der Waals surface area contributed by atoms with E-state index in [0.29, 0.717) is 35.2 Å². The Morgan fingerprint density at radius 3 is 2.21 bits per heavy atom. The first kappa shape index (κ1) is 21.8. The van der Waals surface area contributed by atoms with Crippen molar-refractivity contribution in [3.05, 3.63) is 58.1 Å². The van der Waals surface area contributed by atoms with E-state index >= 15 is 0 Å². The predicted molar refractivity (Wildman–Crippen MR) is 112 cm³/mol. The molecule has 0 radical (unpaired) electrons. The van der Waals surface area contributed by atoms with Crippen molar-refractivity contribution in [2.75, 3.05) is 6.61 Å². The molecule has 0 spiro atoms. The van der Waals surface area contributed by atoms with Crippen LogP contribution in [0.4, 0.5) is 0 Å². The molecular weight excluding hydrogens is 424 g/mol. The Morgan fingerprint density at radius 2 is 1.61 bits per heavy atom. The molecule has 0 atom stereocenters. The maximum atomic E-state index is 12.5. The second-order valence-electron chi connectivity index (χ2n) is 6.94. The first-order valence-electron chi connectivity index (χ1n) is 9.06. The molecule has 150 valence electrons. The molecule has 2 amide bonds. The van der Waals surface area contributed by atoms with Crippen molar-refractivity contribution in [3.8, 4) is 11.5 Å². The number of hydrogen-bond donors (Lipinski definition) is 2. The van der Waals surface area contributed by atoms with Crippen molar-refractivity contribution < 1.29 is 19.1 Å². The van der Waals surface area contributed by atoms with Crippen LogP contribution < -0.4 is 20.3 Å². The van der Waals surface area contributed by atoms with Crippen LogP contribution >= 0.6 is 15.9 Å². The first-order valence-corrected chi connectivity index (χ1v) is 9.85. The van der Waals surface area contributed by atoms with Crippen molar-refractivity contribution in [2.45, 2.75) is 33.8 Å². The number of hydrogen-bond acceptors (Lipinski definition) is 4. The van der Waals surface area contributed by atoms with Gasteiger partial charge in [-0.1, -0.05) is 29.8 Å². The van der Waals surface area contributed by atoms with Gasteiger partial charge in [0.25, 0.3) is 11.8 Å². The van der Waals surface area contributed by atoms with Crippen LogP contribution in [0.5, 0.6) is 11.5 Å². The lowest BCUT2D eigenvalue weighted by Crippen LogP contribution is -2.41. The van der Waals surface area contributed by atoms with E-state index in [2.05, 4.69) is 40.6 Å². The minimum absolute atomic E-state index is 0.0845. The molecule has 0 unspecified atom stereocenters. The van der Waals surface area contributed by atoms with E-state index in [9.17, 15) is 9.59 Å². The SMILES string of the molecule is CC(C)COc1ccc(C(=O)NNC(=O)c2cc(Br)ccc2OC(C)C)cc1. The first-order chi connectivity index (χ1) is 13.3. The molecule has 0 saturated heterocycles. The van der Waals surface area contributed by atoms with Crippen molar-refractivity contribution in [1.29, 1.82) is 0 Å². The third-order valence-electron chi connectivity index (χ3n) is 3.54. The van der Waals surface area contributed by atoms with Crippen LogP contribution in [0, 0.1) is 5.92 Å². The summed E-state index contributed by atoms with van der Waals surface area (Å²) in [5, 5.41) is 0. The van der Waals surface area contributed by atoms with Gasteiger partial charge < -0.3 is 9.47 Å². The maximum absolute atomic E-state index is 12.5. The van der Waals surface area contributed by atoms with Gasteiger partial charge in [0.2, 0.25) is 0 Å². The Bertz CT molecular complexity index is 820. The van der Waals surface area contributed by atoms with Gasteiger partial charge in [0, 0.05) is 10.0 Å². The summed E-state index contributed by atoms with van der Waals surface area (Å²) in [6, 6.07) is 11.9. The average molecular weight is 449 g/mol. The van der Waals surface area contributed by atoms with Gasteiger partial charge in [-0.2, -0.15) is 0 Å². The molecule has 0 fully saturated rings. The Kier molecular flexibility index (Phi) is 7.87. The lowest BCUT2D eigenvalue weighted by Gasteiger charge is -2.15. The second-order valence-corrected chi connectivity index (χ2v) is 7.86. The topological polar surface area (TPSA) is 76.7 Å². The molecule has 2 aromatic rings. The number of amides is 2. The summed E-state index contributed by atoms with van der Waals surface area (Å²) < 4.78 is 12.0. The largest absolute Gasteiger partial charge is 0.493 e. The number of halogens is 1. The van der Waals surface area contributed by atoms with Crippen LogP contribution in [0.2, 0.25) is 0 Å². The molecule has 0 aromatic heterocycles. The summed E-state index contributed by atoms with van der Waals surface area (Å²) in [5.41, 5.74) is 5.57. The zero-order valence-corrected chi connectivity index (χ0v) is 18.0. The standard InChI is InChI=1S/C21H25BrN2O4/c1-13(2)12-27-17-8-5-15(6-9-17)20(25)23-24-21(26)18-11-16(22)7-10-19(18)28-14(3)4/h5-11,13-14H,12H2,1-4H3,(H,23,25)(H,24,26). The number of ether oxygens (including phenoxy) is 2. The summed E-state index contributed by atoms with van der Waals surface area (Å²) in [6.07, 6.45) is -0.0845. The van der Waals surface area contributed by atoms with Crippen molar-refractivity contribution in [1.82, 2.24) is 10.9 Å². The number of rotatable bonds is 7. The molecule has 0 aliphatic carbocycles. The maximum Gasteiger partial charge on any atom is 0.273 e. The highest BCUT2D eigenvalue weighted by Gasteiger charge is 2.15. The highest BCUT2D eigenvalue weighted by molar-refractivity contribution is 9.10. The van der Waals surface area contributed by atoms with E-state index < -0.39 is 11.8 Å². The summed E-state index contributed by atoms with van der Waals surface area (Å²) >= 11 is 3.34. The quantitative estimate of drug-likeness (QED) is 0.617. The molecule has 2 aromatic carbocycles. The summed E-state index contributed by atoms with van der Waals surface area (Å²) in [5.74, 6) is 0.656. The lowest BCUT2D eigenvalue weighted by atomic mass is 10.2. The lowest BCUT2D eigenvalue weighted by molar-refractivity contribution is 0.0843. The highest BCUT2D eigenvalue weighted by Crippen LogP contribution is 2.24. The van der Waals surface area contributed by atoms with Gasteiger partial charge in [0.15, 0.2) is 0 Å². The molecule has 2 rings (SSSR count). The minimum Gasteiger partial charge on any atom is -0.493 e. The molecule has 28 heavy (non-hydrogen) atoms. The smallest absolute Gasteiger partial charge is 0.273 e. The number of hydrazine groups is 1. The van der Waals surface area contributed by atoms with E-state index in [1.807, 2.05) is 13.8 Å². The van der Waals surface area contributed by atoms with Crippen LogP contribution in [0.1, 0.15) is 48.4 Å². The van der Waals surface area contributed by atoms with Gasteiger partial charge in [-0.25, -0.2) is 0 Å². The third-order valence-corrected chi connectivity index (χ3v) is 4.03. The fraction of sp³-hybridized carbons (Fsp3) is 0.333. The fourth-order valence-electron chi connectivity index (χ4n) is 2.25. The van der Waals surface area contributed by atoms with Gasteiger partial charge in [0.05, 0.1) is 18.3 Å². The van der Waals surface area contributed by atoms with Crippen molar-refractivity contribution in [2.24, 2.45) is 5.92 Å². The van der Waals surface area contributed by atoms with Gasteiger partial charge in [-0.15, -0.1) is 0 Å². The Labute approximate surface area is 173 Å². The minimum atomic E-state index is -0.470. The van der Waals surface area contributed by atoms with Crippen molar-refractivity contribution in [3.63, 3.8) is 0 Å². The average Bonchev–Trinajstić information content (AvgIpc) is 2.65. The molecule has 6 nitrogen and oxygen atoms in total. The number of carbonyl (C=O) groups excluding carboxylic acids is 2. The summed E-state index contributed by atoms with van der Waals surface area (Å²) in [6.45, 7) is 8.48. The van der Waals surface area contributed by atoms with E-state index in [4.69, 9.17) is 9.47 Å². The number of nitrogens with one attached hydrogen (secondary N) is 2. The predicted octanol–water partition coefficient (Wildman–Crippen LogP) is 4.35. The van der Waals surface area contributed by atoms with Crippen LogP contribution in [0.3, 0.4) is 0 Å². The van der Waals surface area contributed by atoms with Gasteiger partial charge >= 0.3 is 0 Å². The Balaban J connectivity index is 1.99. The van der Waals surface area contributed by atoms with Crippen LogP contribution in [-0.2, 0) is 0 Å². The van der Waals surface area contributed by atoms with E-state index in [-0.39, 0.29) is 6.10 Å². The molecule has 7 heteroatoms. The van der Waals surface area contributed by atoms with Gasteiger partial charge in [-0.05, 0) is 62.2 Å². The molecule has 0 heterocycles. The zero-order valence-electron chi connectivity index (χ0n) is 16.4. The van der Waals surface area contributed by atoms with Gasteiger partial charge in [0.1, 0.15) is 11.5 Å². The van der Waals surface area contributed by atoms with E-state index in [1.165, 1.54) is 0 Å². The molecule has 0 aliphatic rings. The normalized spacial score (nSPS) is 10.7. The Hall–Kier alpha value is -2.54. The summed E-state index contributed by atoms with van der Waals surface area (Å²) in [4.78, 5) is 24.8. The fourth-order valence-corrected chi connectivity index (χ4v) is 2.62. The van der Waals surface area contributed by atoms with Crippen LogP contribution in [0.15, 0.2) is 46.9 Å². The molecule has 0 aliphatic heterocycles. The van der Waals surface area contributed by atoms with Crippen LogP contribution in [0.25, 0.3) is 0 Å². The monoisotopic (exact) mass is 448 g/mol. The summed E-state index contributed by atoms with van der Waals surface area (Å²) in [7, 11) is 0. The van der Waals surface area contributed by atoms with E-state index in [1.54, 1.807) is 42.5 Å². The van der Waals surface area contributed by atoms with Gasteiger partial charge in [-0.3, -0.25) is 20.4 Å². The molecule has 0 saturated carbocycles. The molecule has 2 N–H and O–H groups in total. The van der Waals surface area contributed by atoms with Crippen molar-refractivity contribution >= 4 is 27.7 Å². The van der Waals surface area contributed by atoms with Crippen LogP contribution in [-0.4, -0.2) is 24.5 Å². The van der Waals surface area contributed by atoms with E-state index in [0.717, 1.165) is 4.47 Å². The third kappa shape index (κ3) is 6.56. The Morgan fingerprint density at radius 1 is 0.964 bits per heavy atom. The second kappa shape index (κ2) is 10.1. The molecule has 0 bridgehead atoms. The molecular formula is C21H25BrN2O4.